The summed E-state index contributed by atoms with van der Waals surface area (Å²) >= 11 is 0. The van der Waals surface area contributed by atoms with Crippen LogP contribution in [0, 0.1) is 10.1 Å². The molecule has 1 N–H and O–H groups in total. The number of esters is 1. The van der Waals surface area contributed by atoms with Gasteiger partial charge in [-0.25, -0.2) is 4.79 Å². The number of aromatic nitrogens is 1. The normalized spacial score (nSPS) is 13.9. The second-order valence-corrected chi connectivity index (χ2v) is 7.29. The molecule has 2 heterocycles. The Morgan fingerprint density at radius 1 is 1.13 bits per heavy atom. The van der Waals surface area contributed by atoms with E-state index >= 15 is 0 Å². The van der Waals surface area contributed by atoms with Gasteiger partial charge in [0.2, 0.25) is 5.91 Å². The summed E-state index contributed by atoms with van der Waals surface area (Å²) in [6.45, 7) is 1.52. The summed E-state index contributed by atoms with van der Waals surface area (Å²) < 4.78 is 5.38. The van der Waals surface area contributed by atoms with E-state index in [0.717, 1.165) is 55.6 Å². The number of ether oxygens (including phenoxy) is 1. The van der Waals surface area contributed by atoms with E-state index in [1.54, 1.807) is 12.1 Å². The third-order valence-electron chi connectivity index (χ3n) is 5.12. The van der Waals surface area contributed by atoms with Crippen molar-refractivity contribution >= 4 is 28.9 Å². The molecule has 0 unspecified atom stereocenters. The van der Waals surface area contributed by atoms with Crippen molar-refractivity contribution in [1.29, 1.82) is 0 Å². The Hall–Kier alpha value is -3.69. The number of pyridine rings is 1. The predicted octanol–water partition coefficient (Wildman–Crippen LogP) is 2.56. The van der Waals surface area contributed by atoms with Crippen LogP contribution in [0.25, 0.3) is 0 Å². The third kappa shape index (κ3) is 5.47. The number of nitrogens with zero attached hydrogens (tertiary/aromatic N) is 3. The molecule has 1 amide bonds. The number of anilines is 2. The lowest BCUT2D eigenvalue weighted by molar-refractivity contribution is -0.386. The second kappa shape index (κ2) is 9.88. The molecule has 10 nitrogen and oxygen atoms in total. The number of hydrogen-bond acceptors (Lipinski definition) is 7. The van der Waals surface area contributed by atoms with E-state index in [-0.39, 0.29) is 5.56 Å². The first-order valence-electron chi connectivity index (χ1n) is 10.0. The number of hydrogen-bond donors (Lipinski definition) is 1. The maximum absolute atomic E-state index is 12.4. The quantitative estimate of drug-likeness (QED) is 0.426. The topological polar surface area (TPSA) is 124 Å². The van der Waals surface area contributed by atoms with Crippen molar-refractivity contribution in [1.82, 2.24) is 4.57 Å². The van der Waals surface area contributed by atoms with Crippen LogP contribution in [-0.2, 0) is 16.1 Å². The number of carbonyl (C=O) groups is 2. The molecule has 0 spiro atoms. The summed E-state index contributed by atoms with van der Waals surface area (Å²) in [4.78, 5) is 49.0. The largest absolute Gasteiger partial charge is 0.465 e. The number of amides is 1. The lowest BCUT2D eigenvalue weighted by Crippen LogP contribution is -2.29. The highest BCUT2D eigenvalue weighted by molar-refractivity contribution is 5.92. The number of nitrogens with one attached hydrogen (secondary N) is 1. The molecule has 0 saturated carbocycles. The lowest BCUT2D eigenvalue weighted by atomic mass is 10.2. The molecule has 1 fully saturated rings. The first-order chi connectivity index (χ1) is 14.9. The zero-order valence-electron chi connectivity index (χ0n) is 17.2. The summed E-state index contributed by atoms with van der Waals surface area (Å²) in [6.07, 6.45) is 5.86. The zero-order chi connectivity index (χ0) is 22.4. The number of rotatable bonds is 6. The molecule has 2 aromatic rings. The Labute approximate surface area is 178 Å². The molecule has 1 aromatic heterocycles. The first kappa shape index (κ1) is 22.0. The average Bonchev–Trinajstić information content (AvgIpc) is 3.04. The summed E-state index contributed by atoms with van der Waals surface area (Å²) in [5.41, 5.74) is -0.363. The molecule has 0 aliphatic carbocycles. The van der Waals surface area contributed by atoms with E-state index in [1.165, 1.54) is 12.8 Å². The molecule has 10 heteroatoms. The molecule has 31 heavy (non-hydrogen) atoms. The summed E-state index contributed by atoms with van der Waals surface area (Å²) in [7, 11) is 1.12. The fourth-order valence-electron chi connectivity index (χ4n) is 3.54. The molecule has 1 saturated heterocycles. The van der Waals surface area contributed by atoms with Crippen molar-refractivity contribution in [3.8, 4) is 0 Å². The van der Waals surface area contributed by atoms with E-state index in [9.17, 15) is 24.5 Å². The van der Waals surface area contributed by atoms with Gasteiger partial charge in [0.1, 0.15) is 6.54 Å². The van der Waals surface area contributed by atoms with Gasteiger partial charge in [-0.3, -0.25) is 24.3 Å². The van der Waals surface area contributed by atoms with Gasteiger partial charge < -0.3 is 15.0 Å². The minimum atomic E-state index is -0.982. The monoisotopic (exact) mass is 428 g/mol. The molecule has 0 bridgehead atoms. The minimum Gasteiger partial charge on any atom is -0.465 e. The van der Waals surface area contributed by atoms with Gasteiger partial charge >= 0.3 is 17.2 Å². The van der Waals surface area contributed by atoms with E-state index in [0.29, 0.717) is 5.69 Å². The van der Waals surface area contributed by atoms with Crippen molar-refractivity contribution in [3.63, 3.8) is 0 Å². The number of carbonyl (C=O) groups excluding carboxylic acids is 2. The van der Waals surface area contributed by atoms with Crippen LogP contribution >= 0.6 is 0 Å². The van der Waals surface area contributed by atoms with Gasteiger partial charge in [0.25, 0.3) is 0 Å². The minimum absolute atomic E-state index is 0.191. The van der Waals surface area contributed by atoms with Crippen molar-refractivity contribution in [2.24, 2.45) is 0 Å². The van der Waals surface area contributed by atoms with Gasteiger partial charge in [0, 0.05) is 36.7 Å². The van der Waals surface area contributed by atoms with Crippen molar-refractivity contribution in [2.75, 3.05) is 30.4 Å². The van der Waals surface area contributed by atoms with Crippen LogP contribution in [-0.4, -0.2) is 41.6 Å². The van der Waals surface area contributed by atoms with Gasteiger partial charge in [-0.05, 0) is 37.1 Å². The van der Waals surface area contributed by atoms with Gasteiger partial charge in [0.05, 0.1) is 17.6 Å². The summed E-state index contributed by atoms with van der Waals surface area (Å²) in [5.74, 6) is -1.40. The van der Waals surface area contributed by atoms with E-state index in [1.807, 2.05) is 12.1 Å². The molecular weight excluding hydrogens is 404 g/mol. The zero-order valence-corrected chi connectivity index (χ0v) is 17.2. The highest BCUT2D eigenvalue weighted by Crippen LogP contribution is 2.21. The summed E-state index contributed by atoms with van der Waals surface area (Å²) in [6, 6.07) is 8.23. The maximum Gasteiger partial charge on any atom is 0.339 e. The molecule has 164 valence electrons. The summed E-state index contributed by atoms with van der Waals surface area (Å²) in [5, 5.41) is 13.8. The Bertz CT molecular complexity index is 1020. The van der Waals surface area contributed by atoms with Crippen LogP contribution in [0.4, 0.5) is 17.1 Å². The van der Waals surface area contributed by atoms with E-state index in [4.69, 9.17) is 0 Å². The van der Waals surface area contributed by atoms with Crippen molar-refractivity contribution in [3.05, 3.63) is 62.6 Å². The SMILES string of the molecule is COC(=O)c1cc([N+](=O)[O-])c(=O)n(CC(=O)Nc2ccc(N3CCCCCC3)cc2)c1. The molecule has 1 aliphatic heterocycles. The standard InChI is InChI=1S/C21H24N4O6/c1-31-21(28)15-12-18(25(29)30)20(27)24(13-15)14-19(26)22-16-6-8-17(9-7-16)23-10-4-2-3-5-11-23/h6-9,12-13H,2-5,10-11,14H2,1H3,(H,22,26). The Morgan fingerprint density at radius 3 is 2.35 bits per heavy atom. The smallest absolute Gasteiger partial charge is 0.339 e. The first-order valence-corrected chi connectivity index (χ1v) is 10.0. The van der Waals surface area contributed by atoms with E-state index in [2.05, 4.69) is 15.0 Å². The molecule has 1 aliphatic rings. The third-order valence-corrected chi connectivity index (χ3v) is 5.12. The fraction of sp³-hybridized carbons (Fsp3) is 0.381. The fourth-order valence-corrected chi connectivity index (χ4v) is 3.54. The Balaban J connectivity index is 1.73. The van der Waals surface area contributed by atoms with Crippen LogP contribution in [0.1, 0.15) is 36.0 Å². The predicted molar refractivity (Wildman–Crippen MR) is 114 cm³/mol. The Morgan fingerprint density at radius 2 is 1.77 bits per heavy atom. The van der Waals surface area contributed by atoms with Crippen molar-refractivity contribution < 1.29 is 19.2 Å². The van der Waals surface area contributed by atoms with Gasteiger partial charge in [0.15, 0.2) is 0 Å². The molecule has 0 atom stereocenters. The van der Waals surface area contributed by atoms with E-state index < -0.39 is 34.6 Å². The van der Waals surface area contributed by atoms with Crippen LogP contribution in [0.5, 0.6) is 0 Å². The van der Waals surface area contributed by atoms with Crippen LogP contribution in [0.2, 0.25) is 0 Å². The average molecular weight is 428 g/mol. The number of methoxy groups -OCH3 is 1. The van der Waals surface area contributed by atoms with Gasteiger partial charge in [-0.15, -0.1) is 0 Å². The number of benzene rings is 1. The molecule has 1 aromatic carbocycles. The van der Waals surface area contributed by atoms with Gasteiger partial charge in [-0.2, -0.15) is 0 Å². The van der Waals surface area contributed by atoms with Crippen LogP contribution < -0.4 is 15.8 Å². The second-order valence-electron chi connectivity index (χ2n) is 7.29. The van der Waals surface area contributed by atoms with Crippen LogP contribution in [0.3, 0.4) is 0 Å². The molecule has 3 rings (SSSR count). The van der Waals surface area contributed by atoms with Crippen molar-refractivity contribution in [2.45, 2.75) is 32.2 Å². The lowest BCUT2D eigenvalue weighted by Gasteiger charge is -2.22. The Kier molecular flexibility index (Phi) is 7.01. The highest BCUT2D eigenvalue weighted by Gasteiger charge is 2.21. The van der Waals surface area contributed by atoms with Crippen LogP contribution in [0.15, 0.2) is 41.3 Å². The molecule has 0 radical (unpaired) electrons. The number of nitro groups is 1. The maximum atomic E-state index is 12.4. The molecular formula is C21H24N4O6. The van der Waals surface area contributed by atoms with Gasteiger partial charge in [-0.1, -0.05) is 12.8 Å². The highest BCUT2D eigenvalue weighted by atomic mass is 16.6.